The van der Waals surface area contributed by atoms with Crippen molar-refractivity contribution in [3.8, 4) is 0 Å². The summed E-state index contributed by atoms with van der Waals surface area (Å²) in [6.45, 7) is 6.07. The number of nitrogens with zero attached hydrogens (tertiary/aromatic N) is 1. The standard InChI is InChI=1S/C25H26BrF3N2O2/c1-23(2)19-12-21(32)31(14-15-4-6-16(7-5-15)25(27,28)29)24(3,13-20(19)23)22(33)30-18-10-8-17(26)9-11-18/h4-11,19-20H,12-14H2,1-3H3,(H,30,33)/t19-,20-,24-/m1/s1. The highest BCUT2D eigenvalue weighted by molar-refractivity contribution is 9.10. The summed E-state index contributed by atoms with van der Waals surface area (Å²) in [7, 11) is 0. The molecule has 0 radical (unpaired) electrons. The molecule has 33 heavy (non-hydrogen) atoms. The number of carbonyl (C=O) groups is 2. The number of fused-ring (bicyclic) bond motifs is 1. The molecule has 4 rings (SSSR count). The molecule has 0 aromatic heterocycles. The van der Waals surface area contributed by atoms with Crippen molar-refractivity contribution in [2.75, 3.05) is 5.32 Å². The first kappa shape index (κ1) is 23.8. The van der Waals surface area contributed by atoms with Crippen molar-refractivity contribution in [3.63, 3.8) is 0 Å². The van der Waals surface area contributed by atoms with Crippen LogP contribution in [0.5, 0.6) is 0 Å². The number of amides is 2. The molecule has 2 fully saturated rings. The third-order valence-corrected chi connectivity index (χ3v) is 7.94. The molecular weight excluding hydrogens is 497 g/mol. The van der Waals surface area contributed by atoms with E-state index in [1.807, 2.05) is 12.1 Å². The van der Waals surface area contributed by atoms with Crippen molar-refractivity contribution in [1.29, 1.82) is 0 Å². The van der Waals surface area contributed by atoms with Crippen LogP contribution in [-0.2, 0) is 22.3 Å². The van der Waals surface area contributed by atoms with Gasteiger partial charge in [0.15, 0.2) is 0 Å². The molecule has 1 aliphatic carbocycles. The number of halogens is 4. The molecule has 4 nitrogen and oxygen atoms in total. The number of benzene rings is 2. The van der Waals surface area contributed by atoms with Crippen LogP contribution in [0.4, 0.5) is 18.9 Å². The average molecular weight is 523 g/mol. The SMILES string of the molecule is CC1(C)[C@@H]2CC(=O)N(Cc3ccc(C(F)(F)F)cc3)[C@@](C)(C(=O)Nc3ccc(Br)cc3)C[C@H]21. The number of rotatable bonds is 4. The van der Waals surface area contributed by atoms with Crippen LogP contribution in [0, 0.1) is 17.3 Å². The second-order valence-electron chi connectivity index (χ2n) is 9.85. The molecule has 1 saturated carbocycles. The summed E-state index contributed by atoms with van der Waals surface area (Å²) in [5.74, 6) is -0.0306. The normalized spacial score (nSPS) is 26.4. The van der Waals surface area contributed by atoms with Crippen LogP contribution in [0.1, 0.15) is 44.7 Å². The minimum absolute atomic E-state index is 0.0186. The van der Waals surface area contributed by atoms with Gasteiger partial charge >= 0.3 is 6.18 Å². The fourth-order valence-electron chi connectivity index (χ4n) is 5.04. The topological polar surface area (TPSA) is 49.4 Å². The van der Waals surface area contributed by atoms with Crippen LogP contribution in [0.25, 0.3) is 0 Å². The molecule has 1 aliphatic heterocycles. The van der Waals surface area contributed by atoms with E-state index in [1.165, 1.54) is 12.1 Å². The summed E-state index contributed by atoms with van der Waals surface area (Å²) >= 11 is 3.37. The summed E-state index contributed by atoms with van der Waals surface area (Å²) in [5, 5.41) is 2.94. The highest BCUT2D eigenvalue weighted by atomic mass is 79.9. The molecule has 3 atom stereocenters. The zero-order chi connectivity index (χ0) is 24.2. The van der Waals surface area contributed by atoms with Gasteiger partial charge in [-0.15, -0.1) is 0 Å². The fourth-order valence-corrected chi connectivity index (χ4v) is 5.30. The monoisotopic (exact) mass is 522 g/mol. The predicted octanol–water partition coefficient (Wildman–Crippen LogP) is 6.26. The van der Waals surface area contributed by atoms with Gasteiger partial charge in [0.2, 0.25) is 11.8 Å². The van der Waals surface area contributed by atoms with E-state index in [-0.39, 0.29) is 35.6 Å². The molecule has 1 saturated heterocycles. The fraction of sp³-hybridized carbons (Fsp3) is 0.440. The molecule has 2 amide bonds. The Morgan fingerprint density at radius 1 is 1.06 bits per heavy atom. The number of likely N-dealkylation sites (tertiary alicyclic amines) is 1. The van der Waals surface area contributed by atoms with E-state index in [1.54, 1.807) is 24.0 Å². The van der Waals surface area contributed by atoms with E-state index in [2.05, 4.69) is 35.1 Å². The minimum Gasteiger partial charge on any atom is -0.324 e. The maximum atomic E-state index is 13.6. The molecule has 1 N–H and O–H groups in total. The zero-order valence-electron chi connectivity index (χ0n) is 18.7. The van der Waals surface area contributed by atoms with Gasteiger partial charge in [-0.05, 0) is 72.6 Å². The Morgan fingerprint density at radius 2 is 1.67 bits per heavy atom. The molecule has 0 spiro atoms. The van der Waals surface area contributed by atoms with Gasteiger partial charge in [0, 0.05) is 23.1 Å². The Morgan fingerprint density at radius 3 is 2.24 bits per heavy atom. The van der Waals surface area contributed by atoms with Crippen LogP contribution < -0.4 is 5.32 Å². The van der Waals surface area contributed by atoms with E-state index < -0.39 is 17.3 Å². The summed E-state index contributed by atoms with van der Waals surface area (Å²) in [6, 6.07) is 11.9. The van der Waals surface area contributed by atoms with Crippen molar-refractivity contribution >= 4 is 33.4 Å². The first-order valence-corrected chi connectivity index (χ1v) is 11.7. The molecule has 2 aromatic carbocycles. The van der Waals surface area contributed by atoms with Crippen LogP contribution in [0.3, 0.4) is 0 Å². The smallest absolute Gasteiger partial charge is 0.324 e. The molecule has 8 heteroatoms. The predicted molar refractivity (Wildman–Crippen MR) is 123 cm³/mol. The second kappa shape index (κ2) is 8.15. The molecule has 176 valence electrons. The highest BCUT2D eigenvalue weighted by Crippen LogP contribution is 2.64. The first-order chi connectivity index (χ1) is 15.3. The number of hydrogen-bond donors (Lipinski definition) is 1. The number of anilines is 1. The van der Waals surface area contributed by atoms with Gasteiger partial charge in [0.1, 0.15) is 5.54 Å². The summed E-state index contributed by atoms with van der Waals surface area (Å²) in [5.41, 5.74) is -0.738. The van der Waals surface area contributed by atoms with Crippen LogP contribution in [0.2, 0.25) is 0 Å². The number of alkyl halides is 3. The van der Waals surface area contributed by atoms with Crippen molar-refractivity contribution < 1.29 is 22.8 Å². The molecular formula is C25H26BrF3N2O2. The Balaban J connectivity index is 1.64. The lowest BCUT2D eigenvalue weighted by Gasteiger charge is -2.40. The van der Waals surface area contributed by atoms with Crippen molar-refractivity contribution in [1.82, 2.24) is 4.90 Å². The largest absolute Gasteiger partial charge is 0.416 e. The highest BCUT2D eigenvalue weighted by Gasteiger charge is 2.64. The number of carbonyl (C=O) groups excluding carboxylic acids is 2. The van der Waals surface area contributed by atoms with Crippen molar-refractivity contribution in [2.24, 2.45) is 17.3 Å². The van der Waals surface area contributed by atoms with E-state index in [0.29, 0.717) is 24.1 Å². The third kappa shape index (κ3) is 4.54. The molecule has 0 unspecified atom stereocenters. The molecule has 1 heterocycles. The summed E-state index contributed by atoms with van der Waals surface area (Å²) in [4.78, 5) is 28.5. The number of nitrogens with one attached hydrogen (secondary N) is 1. The third-order valence-electron chi connectivity index (χ3n) is 7.41. The maximum Gasteiger partial charge on any atom is 0.416 e. The molecule has 2 aromatic rings. The van der Waals surface area contributed by atoms with Gasteiger partial charge in [-0.2, -0.15) is 13.2 Å². The molecule has 2 aliphatic rings. The van der Waals surface area contributed by atoms with E-state index in [9.17, 15) is 22.8 Å². The quantitative estimate of drug-likeness (QED) is 0.515. The number of hydrogen-bond acceptors (Lipinski definition) is 2. The zero-order valence-corrected chi connectivity index (χ0v) is 20.3. The van der Waals surface area contributed by atoms with Gasteiger partial charge in [0.05, 0.1) is 5.56 Å². The minimum atomic E-state index is -4.43. The maximum absolute atomic E-state index is 13.6. The van der Waals surface area contributed by atoms with Gasteiger partial charge in [-0.1, -0.05) is 41.9 Å². The van der Waals surface area contributed by atoms with Crippen molar-refractivity contribution in [2.45, 2.75) is 51.9 Å². The Kier molecular flexibility index (Phi) is 5.88. The van der Waals surface area contributed by atoms with Gasteiger partial charge < -0.3 is 10.2 Å². The van der Waals surface area contributed by atoms with Crippen LogP contribution in [-0.4, -0.2) is 22.3 Å². The Labute approximate surface area is 199 Å². The molecule has 0 bridgehead atoms. The Bertz CT molecular complexity index is 1070. The lowest BCUT2D eigenvalue weighted by atomic mass is 9.88. The Hall–Kier alpha value is -2.35. The van der Waals surface area contributed by atoms with Gasteiger partial charge in [0.25, 0.3) is 0 Å². The van der Waals surface area contributed by atoms with E-state index in [0.717, 1.165) is 16.6 Å². The average Bonchev–Trinajstić information content (AvgIpc) is 3.28. The van der Waals surface area contributed by atoms with Crippen LogP contribution >= 0.6 is 15.9 Å². The van der Waals surface area contributed by atoms with E-state index >= 15 is 0 Å². The summed E-state index contributed by atoms with van der Waals surface area (Å²) in [6.07, 6.45) is -3.60. The van der Waals surface area contributed by atoms with Crippen molar-refractivity contribution in [3.05, 3.63) is 64.1 Å². The van der Waals surface area contributed by atoms with Crippen LogP contribution in [0.15, 0.2) is 53.0 Å². The summed E-state index contributed by atoms with van der Waals surface area (Å²) < 4.78 is 39.7. The van der Waals surface area contributed by atoms with Gasteiger partial charge in [-0.25, -0.2) is 0 Å². The lowest BCUT2D eigenvalue weighted by Crippen LogP contribution is -2.56. The first-order valence-electron chi connectivity index (χ1n) is 10.9. The van der Waals surface area contributed by atoms with E-state index in [4.69, 9.17) is 0 Å². The second-order valence-corrected chi connectivity index (χ2v) is 10.8. The van der Waals surface area contributed by atoms with Gasteiger partial charge in [-0.3, -0.25) is 9.59 Å². The lowest BCUT2D eigenvalue weighted by molar-refractivity contribution is -0.145.